The fraction of sp³-hybridized carbons (Fsp3) is 0.533. The third-order valence-electron chi connectivity index (χ3n) is 3.91. The number of amides is 1. The molecule has 0 bridgehead atoms. The lowest BCUT2D eigenvalue weighted by atomic mass is 10.1. The van der Waals surface area contributed by atoms with Crippen LogP contribution in [0.5, 0.6) is 0 Å². The fourth-order valence-electron chi connectivity index (χ4n) is 2.80. The molecule has 1 amide bonds. The number of rotatable bonds is 3. The molecule has 2 aromatic heterocycles. The molecule has 8 nitrogen and oxygen atoms in total. The summed E-state index contributed by atoms with van der Waals surface area (Å²) in [5, 5.41) is 3.72. The second kappa shape index (κ2) is 6.31. The Morgan fingerprint density at radius 1 is 1.30 bits per heavy atom. The number of aromatic nitrogens is 4. The Hall–Kier alpha value is -2.51. The molecule has 0 aliphatic carbocycles. The van der Waals surface area contributed by atoms with Crippen LogP contribution in [-0.2, 0) is 24.1 Å². The molecule has 0 spiro atoms. The van der Waals surface area contributed by atoms with Crippen molar-refractivity contribution in [3.05, 3.63) is 29.3 Å². The smallest absolute Gasteiger partial charge is 0.236 e. The fourth-order valence-corrected chi connectivity index (χ4v) is 2.80. The summed E-state index contributed by atoms with van der Waals surface area (Å²) in [5.74, 6) is 1.84. The van der Waals surface area contributed by atoms with Gasteiger partial charge in [-0.25, -0.2) is 9.97 Å². The van der Waals surface area contributed by atoms with Gasteiger partial charge in [0.2, 0.25) is 11.8 Å². The molecule has 0 N–H and O–H groups in total. The molecule has 2 aromatic rings. The van der Waals surface area contributed by atoms with Gasteiger partial charge in [-0.15, -0.1) is 0 Å². The van der Waals surface area contributed by atoms with Crippen molar-refractivity contribution in [1.82, 2.24) is 25.0 Å². The van der Waals surface area contributed by atoms with Gasteiger partial charge in [0.05, 0.1) is 5.69 Å². The van der Waals surface area contributed by atoms with Crippen molar-refractivity contribution in [2.75, 3.05) is 32.1 Å². The maximum absolute atomic E-state index is 12.5. The topological polar surface area (TPSA) is 88.2 Å². The van der Waals surface area contributed by atoms with Gasteiger partial charge >= 0.3 is 0 Å². The lowest BCUT2D eigenvalue weighted by Gasteiger charge is -2.19. The zero-order valence-electron chi connectivity index (χ0n) is 13.6. The third-order valence-corrected chi connectivity index (χ3v) is 3.91. The normalized spacial score (nSPS) is 14.3. The highest BCUT2D eigenvalue weighted by Gasteiger charge is 2.23. The first-order valence-electron chi connectivity index (χ1n) is 7.61. The lowest BCUT2D eigenvalue weighted by molar-refractivity contribution is -0.130. The molecule has 0 atom stereocenters. The third kappa shape index (κ3) is 3.30. The maximum atomic E-state index is 12.5. The van der Waals surface area contributed by atoms with E-state index in [4.69, 9.17) is 4.52 Å². The monoisotopic (exact) mass is 316 g/mol. The molecular weight excluding hydrogens is 296 g/mol. The summed E-state index contributed by atoms with van der Waals surface area (Å²) in [6.07, 6.45) is 3.21. The highest BCUT2D eigenvalue weighted by molar-refractivity contribution is 5.78. The quantitative estimate of drug-likeness (QED) is 0.810. The van der Waals surface area contributed by atoms with Crippen LogP contribution in [0, 0.1) is 6.92 Å². The minimum absolute atomic E-state index is 0.000758. The minimum atomic E-state index is 0.000758. The first kappa shape index (κ1) is 15.4. The van der Waals surface area contributed by atoms with Gasteiger partial charge in [-0.1, -0.05) is 5.16 Å². The van der Waals surface area contributed by atoms with Crippen LogP contribution in [0.25, 0.3) is 0 Å². The van der Waals surface area contributed by atoms with Crippen molar-refractivity contribution in [2.24, 2.45) is 0 Å². The van der Waals surface area contributed by atoms with Gasteiger partial charge in [0, 0.05) is 39.2 Å². The van der Waals surface area contributed by atoms with Crippen LogP contribution in [0.4, 0.5) is 5.82 Å². The molecule has 0 fully saturated rings. The van der Waals surface area contributed by atoms with E-state index in [0.29, 0.717) is 24.8 Å². The zero-order chi connectivity index (χ0) is 16.4. The Labute approximate surface area is 134 Å². The van der Waals surface area contributed by atoms with E-state index in [1.165, 1.54) is 0 Å². The van der Waals surface area contributed by atoms with E-state index in [1.54, 1.807) is 13.3 Å². The number of carbonyl (C=O) groups excluding carboxylic acids is 1. The predicted octanol–water partition coefficient (Wildman–Crippen LogP) is 0.404. The van der Waals surface area contributed by atoms with E-state index in [-0.39, 0.29) is 12.3 Å². The molecule has 3 heterocycles. The maximum Gasteiger partial charge on any atom is 0.236 e. The van der Waals surface area contributed by atoms with Crippen LogP contribution in [0.15, 0.2) is 10.9 Å². The summed E-state index contributed by atoms with van der Waals surface area (Å²) >= 11 is 0. The van der Waals surface area contributed by atoms with E-state index in [0.717, 1.165) is 29.9 Å². The van der Waals surface area contributed by atoms with E-state index in [2.05, 4.69) is 20.1 Å². The van der Waals surface area contributed by atoms with Crippen LogP contribution < -0.4 is 4.90 Å². The Bertz CT molecular complexity index is 712. The molecule has 3 rings (SSSR count). The summed E-state index contributed by atoms with van der Waals surface area (Å²) in [5.41, 5.74) is 2.15. The van der Waals surface area contributed by atoms with Crippen molar-refractivity contribution in [1.29, 1.82) is 0 Å². The van der Waals surface area contributed by atoms with E-state index < -0.39 is 0 Å². The zero-order valence-corrected chi connectivity index (χ0v) is 13.6. The number of hydrogen-bond acceptors (Lipinski definition) is 7. The first-order chi connectivity index (χ1) is 11.0. The second-order valence-corrected chi connectivity index (χ2v) is 5.81. The van der Waals surface area contributed by atoms with Crippen molar-refractivity contribution in [3.8, 4) is 0 Å². The van der Waals surface area contributed by atoms with Crippen molar-refractivity contribution in [3.63, 3.8) is 0 Å². The van der Waals surface area contributed by atoms with Gasteiger partial charge in [0.25, 0.3) is 0 Å². The van der Waals surface area contributed by atoms with Crippen molar-refractivity contribution in [2.45, 2.75) is 26.2 Å². The molecule has 8 heteroatoms. The average molecular weight is 316 g/mol. The van der Waals surface area contributed by atoms with Crippen LogP contribution >= 0.6 is 0 Å². The summed E-state index contributed by atoms with van der Waals surface area (Å²) < 4.78 is 5.03. The van der Waals surface area contributed by atoms with E-state index in [9.17, 15) is 4.79 Å². The number of fused-ring (bicyclic) bond motifs is 1. The minimum Gasteiger partial charge on any atom is -0.362 e. The van der Waals surface area contributed by atoms with Crippen LogP contribution in [0.1, 0.15) is 23.0 Å². The van der Waals surface area contributed by atoms with E-state index in [1.807, 2.05) is 23.9 Å². The van der Waals surface area contributed by atoms with Crippen LogP contribution in [-0.4, -0.2) is 58.1 Å². The molecule has 0 aromatic carbocycles. The summed E-state index contributed by atoms with van der Waals surface area (Å²) in [7, 11) is 3.93. The highest BCUT2D eigenvalue weighted by Crippen LogP contribution is 2.22. The summed E-state index contributed by atoms with van der Waals surface area (Å²) in [6, 6.07) is 0. The Kier molecular flexibility index (Phi) is 4.22. The summed E-state index contributed by atoms with van der Waals surface area (Å²) in [4.78, 5) is 29.1. The van der Waals surface area contributed by atoms with Crippen LogP contribution in [0.3, 0.4) is 0 Å². The standard InChI is InChI=1S/C15H20N6O2/c1-10-18-13(23-19-10)8-14(22)21-6-4-11-12(5-7-21)16-9-17-15(11)20(2)3/h9H,4-8H2,1-3H3. The van der Waals surface area contributed by atoms with Gasteiger partial charge < -0.3 is 14.3 Å². The lowest BCUT2D eigenvalue weighted by Crippen LogP contribution is -2.34. The Morgan fingerprint density at radius 2 is 2.09 bits per heavy atom. The number of nitrogens with zero attached hydrogens (tertiary/aromatic N) is 6. The van der Waals surface area contributed by atoms with Gasteiger partial charge in [-0.3, -0.25) is 4.79 Å². The second-order valence-electron chi connectivity index (χ2n) is 5.81. The molecule has 1 aliphatic rings. The molecule has 1 aliphatic heterocycles. The van der Waals surface area contributed by atoms with Crippen LogP contribution in [0.2, 0.25) is 0 Å². The first-order valence-corrected chi connectivity index (χ1v) is 7.61. The Morgan fingerprint density at radius 3 is 2.78 bits per heavy atom. The largest absolute Gasteiger partial charge is 0.362 e. The molecule has 0 unspecified atom stereocenters. The number of anilines is 1. The predicted molar refractivity (Wildman–Crippen MR) is 83.1 cm³/mol. The number of hydrogen-bond donors (Lipinski definition) is 0. The highest BCUT2D eigenvalue weighted by atomic mass is 16.5. The average Bonchev–Trinajstić information content (AvgIpc) is 2.80. The molecule has 23 heavy (non-hydrogen) atoms. The number of aryl methyl sites for hydroxylation is 1. The molecule has 0 saturated carbocycles. The van der Waals surface area contributed by atoms with Gasteiger partial charge in [0.1, 0.15) is 18.6 Å². The molecular formula is C15H20N6O2. The van der Waals surface area contributed by atoms with Gasteiger partial charge in [-0.05, 0) is 13.3 Å². The molecule has 0 saturated heterocycles. The number of carbonyl (C=O) groups is 1. The SMILES string of the molecule is Cc1noc(CC(=O)N2CCc3ncnc(N(C)C)c3CC2)n1. The van der Waals surface area contributed by atoms with Crippen molar-refractivity contribution >= 4 is 11.7 Å². The molecule has 0 radical (unpaired) electrons. The van der Waals surface area contributed by atoms with Gasteiger partial charge in [-0.2, -0.15) is 4.98 Å². The Balaban J connectivity index is 1.72. The van der Waals surface area contributed by atoms with E-state index >= 15 is 0 Å². The molecule has 122 valence electrons. The van der Waals surface area contributed by atoms with Gasteiger partial charge in [0.15, 0.2) is 5.82 Å². The van der Waals surface area contributed by atoms with Crippen molar-refractivity contribution < 1.29 is 9.32 Å². The summed E-state index contributed by atoms with van der Waals surface area (Å²) in [6.45, 7) is 3.03.